The van der Waals surface area contributed by atoms with Crippen molar-refractivity contribution in [3.8, 4) is 0 Å². The molecule has 0 aliphatic heterocycles. The number of hydrogen-bond acceptors (Lipinski definition) is 4. The van der Waals surface area contributed by atoms with Gasteiger partial charge in [-0.25, -0.2) is 13.2 Å². The van der Waals surface area contributed by atoms with Gasteiger partial charge in [-0.2, -0.15) is 0 Å². The molecule has 0 atom stereocenters. The van der Waals surface area contributed by atoms with E-state index in [4.69, 9.17) is 16.3 Å². The smallest absolute Gasteiger partial charge is 0.339 e. The van der Waals surface area contributed by atoms with Gasteiger partial charge in [0.25, 0.3) is 10.0 Å². The minimum Gasteiger partial charge on any atom is -0.462 e. The van der Waals surface area contributed by atoms with E-state index in [1.807, 2.05) is 24.3 Å². The molecule has 3 aromatic carbocycles. The lowest BCUT2D eigenvalue weighted by atomic mass is 10.1. The molecule has 5 nitrogen and oxygen atoms in total. The molecule has 0 heterocycles. The summed E-state index contributed by atoms with van der Waals surface area (Å²) in [5.41, 5.74) is 0.437. The summed E-state index contributed by atoms with van der Waals surface area (Å²) in [5.74, 6) is -0.596. The zero-order chi connectivity index (χ0) is 19.6. The number of rotatable bonds is 5. The van der Waals surface area contributed by atoms with Crippen LogP contribution in [0.1, 0.15) is 17.3 Å². The van der Waals surface area contributed by atoms with Crippen LogP contribution in [0.25, 0.3) is 10.8 Å². The first kappa shape index (κ1) is 19.2. The van der Waals surface area contributed by atoms with Crippen LogP contribution in [0.5, 0.6) is 0 Å². The number of fused-ring (bicyclic) bond motifs is 1. The molecule has 0 aliphatic carbocycles. The molecule has 0 amide bonds. The van der Waals surface area contributed by atoms with Crippen molar-refractivity contribution < 1.29 is 17.9 Å². The highest BCUT2D eigenvalue weighted by molar-refractivity contribution is 7.92. The summed E-state index contributed by atoms with van der Waals surface area (Å²) < 4.78 is 32.2. The quantitative estimate of drug-likeness (QED) is 0.588. The molecule has 3 aromatic rings. The van der Waals surface area contributed by atoms with Gasteiger partial charge in [-0.05, 0) is 48.0 Å². The van der Waals surface area contributed by atoms with Gasteiger partial charge in [0.15, 0.2) is 0 Å². The number of carbonyl (C=O) groups is 1. The molecule has 0 bridgehead atoms. The summed E-state index contributed by atoms with van der Waals surface area (Å²) >= 11 is 6.06. The lowest BCUT2D eigenvalue weighted by molar-refractivity contribution is 0.0526. The molecular weight excluding hydrogens is 386 g/mol. The molecular formula is C20H18ClNO4S. The van der Waals surface area contributed by atoms with Crippen LogP contribution in [0, 0.1) is 0 Å². The van der Waals surface area contributed by atoms with Crippen LogP contribution in [-0.2, 0) is 14.8 Å². The van der Waals surface area contributed by atoms with Crippen molar-refractivity contribution in [3.05, 3.63) is 71.2 Å². The van der Waals surface area contributed by atoms with Gasteiger partial charge in [-0.3, -0.25) is 4.31 Å². The van der Waals surface area contributed by atoms with E-state index in [1.165, 1.54) is 19.2 Å². The Morgan fingerprint density at radius 1 is 1.04 bits per heavy atom. The maximum atomic E-state index is 13.0. The van der Waals surface area contributed by atoms with Crippen molar-refractivity contribution in [2.75, 3.05) is 18.0 Å². The Kier molecular flexibility index (Phi) is 5.39. The van der Waals surface area contributed by atoms with E-state index in [2.05, 4.69) is 0 Å². The summed E-state index contributed by atoms with van der Waals surface area (Å²) in [4.78, 5) is 12.2. The van der Waals surface area contributed by atoms with E-state index in [-0.39, 0.29) is 22.1 Å². The molecule has 0 aromatic heterocycles. The topological polar surface area (TPSA) is 63.7 Å². The minimum absolute atomic E-state index is 0.122. The van der Waals surface area contributed by atoms with Crippen LogP contribution >= 0.6 is 11.6 Å². The van der Waals surface area contributed by atoms with Crippen LogP contribution in [0.2, 0.25) is 5.02 Å². The maximum Gasteiger partial charge on any atom is 0.339 e. The number of benzene rings is 3. The van der Waals surface area contributed by atoms with Gasteiger partial charge in [0.2, 0.25) is 0 Å². The molecule has 0 fully saturated rings. The van der Waals surface area contributed by atoms with Crippen molar-refractivity contribution in [1.82, 2.24) is 0 Å². The van der Waals surface area contributed by atoms with E-state index in [1.54, 1.807) is 31.2 Å². The molecule has 0 aliphatic rings. The predicted octanol–water partition coefficient (Wildman–Crippen LogP) is 4.50. The second kappa shape index (κ2) is 7.58. The first-order valence-corrected chi connectivity index (χ1v) is 10.1. The number of nitrogens with zero attached hydrogens (tertiary/aromatic N) is 1. The van der Waals surface area contributed by atoms with Crippen LogP contribution < -0.4 is 4.31 Å². The zero-order valence-corrected chi connectivity index (χ0v) is 16.4. The Balaban J connectivity index is 2.01. The highest BCUT2D eigenvalue weighted by Crippen LogP contribution is 2.28. The van der Waals surface area contributed by atoms with Crippen molar-refractivity contribution >= 4 is 44.1 Å². The number of esters is 1. The molecule has 0 N–H and O–H groups in total. The molecule has 0 unspecified atom stereocenters. The standard InChI is InChI=1S/C20H18ClNO4S/c1-3-26-20(23)18-13-16(9-11-19(18)21)22(2)27(24,25)17-10-8-14-6-4-5-7-15(14)12-17/h4-13H,3H2,1-2H3. The largest absolute Gasteiger partial charge is 0.462 e. The fraction of sp³-hybridized carbons (Fsp3) is 0.150. The van der Waals surface area contributed by atoms with Gasteiger partial charge < -0.3 is 4.74 Å². The first-order chi connectivity index (χ1) is 12.8. The summed E-state index contributed by atoms with van der Waals surface area (Å²) in [6, 6.07) is 16.9. The van der Waals surface area contributed by atoms with Crippen molar-refractivity contribution in [2.45, 2.75) is 11.8 Å². The minimum atomic E-state index is -3.81. The summed E-state index contributed by atoms with van der Waals surface area (Å²) in [6.45, 7) is 1.89. The number of hydrogen-bond donors (Lipinski definition) is 0. The first-order valence-electron chi connectivity index (χ1n) is 8.29. The van der Waals surface area contributed by atoms with Crippen molar-refractivity contribution in [3.63, 3.8) is 0 Å². The Morgan fingerprint density at radius 3 is 2.44 bits per heavy atom. The zero-order valence-electron chi connectivity index (χ0n) is 14.8. The average molecular weight is 404 g/mol. The summed E-state index contributed by atoms with van der Waals surface area (Å²) in [7, 11) is -2.38. The fourth-order valence-electron chi connectivity index (χ4n) is 2.70. The second-order valence-electron chi connectivity index (χ2n) is 5.87. The van der Waals surface area contributed by atoms with Crippen LogP contribution in [0.4, 0.5) is 5.69 Å². The Morgan fingerprint density at radius 2 is 1.74 bits per heavy atom. The lowest BCUT2D eigenvalue weighted by Crippen LogP contribution is -2.26. The Hall–Kier alpha value is -2.57. The Labute approximate surface area is 163 Å². The molecule has 27 heavy (non-hydrogen) atoms. The normalized spacial score (nSPS) is 11.4. The summed E-state index contributed by atoms with van der Waals surface area (Å²) in [5, 5.41) is 1.99. The number of carbonyl (C=O) groups excluding carboxylic acids is 1. The molecule has 0 spiro atoms. The Bertz CT molecular complexity index is 1110. The van der Waals surface area contributed by atoms with Crippen LogP contribution in [-0.4, -0.2) is 28.0 Å². The number of anilines is 1. The molecule has 7 heteroatoms. The van der Waals surface area contributed by atoms with Gasteiger partial charge in [0, 0.05) is 7.05 Å². The van der Waals surface area contributed by atoms with Crippen molar-refractivity contribution in [1.29, 1.82) is 0 Å². The molecule has 0 radical (unpaired) electrons. The van der Waals surface area contributed by atoms with Gasteiger partial charge in [-0.1, -0.05) is 41.9 Å². The lowest BCUT2D eigenvalue weighted by Gasteiger charge is -2.20. The molecule has 3 rings (SSSR count). The third-order valence-corrected chi connectivity index (χ3v) is 6.30. The van der Waals surface area contributed by atoms with E-state index in [9.17, 15) is 13.2 Å². The van der Waals surface area contributed by atoms with Crippen LogP contribution in [0.15, 0.2) is 65.6 Å². The summed E-state index contributed by atoms with van der Waals surface area (Å²) in [6.07, 6.45) is 0. The van der Waals surface area contributed by atoms with Gasteiger partial charge in [0.05, 0.1) is 27.8 Å². The molecule has 140 valence electrons. The highest BCUT2D eigenvalue weighted by atomic mass is 35.5. The average Bonchev–Trinajstić information content (AvgIpc) is 2.67. The number of sulfonamides is 1. The molecule has 0 saturated heterocycles. The fourth-order valence-corrected chi connectivity index (χ4v) is 4.12. The molecule has 0 saturated carbocycles. The van der Waals surface area contributed by atoms with E-state index < -0.39 is 16.0 Å². The van der Waals surface area contributed by atoms with E-state index in [0.717, 1.165) is 15.1 Å². The number of halogens is 1. The van der Waals surface area contributed by atoms with E-state index in [0.29, 0.717) is 5.69 Å². The predicted molar refractivity (Wildman–Crippen MR) is 107 cm³/mol. The third-order valence-electron chi connectivity index (χ3n) is 4.19. The monoisotopic (exact) mass is 403 g/mol. The SMILES string of the molecule is CCOC(=O)c1cc(N(C)S(=O)(=O)c2ccc3ccccc3c2)ccc1Cl. The highest BCUT2D eigenvalue weighted by Gasteiger charge is 2.23. The number of ether oxygens (including phenoxy) is 1. The van der Waals surface area contributed by atoms with Gasteiger partial charge in [-0.15, -0.1) is 0 Å². The second-order valence-corrected chi connectivity index (χ2v) is 8.24. The maximum absolute atomic E-state index is 13.0. The third kappa shape index (κ3) is 3.77. The van der Waals surface area contributed by atoms with Gasteiger partial charge in [0.1, 0.15) is 0 Å². The van der Waals surface area contributed by atoms with Gasteiger partial charge >= 0.3 is 5.97 Å². The van der Waals surface area contributed by atoms with Crippen LogP contribution in [0.3, 0.4) is 0 Å². The van der Waals surface area contributed by atoms with Crippen molar-refractivity contribution in [2.24, 2.45) is 0 Å². The van der Waals surface area contributed by atoms with E-state index >= 15 is 0 Å².